The van der Waals surface area contributed by atoms with Crippen molar-refractivity contribution in [2.45, 2.75) is 0 Å². The van der Waals surface area contributed by atoms with E-state index in [1.807, 2.05) is 0 Å². The molecule has 0 bridgehead atoms. The van der Waals surface area contributed by atoms with Crippen LogP contribution in [0.25, 0.3) is 10.8 Å². The molecule has 14 heavy (non-hydrogen) atoms. The lowest BCUT2D eigenvalue weighted by Crippen LogP contribution is -2.34. The molecule has 0 atom stereocenters. The Kier molecular flexibility index (Phi) is 1.77. The fourth-order valence-electron chi connectivity index (χ4n) is 1.48. The Hall–Kier alpha value is -1.84. The Morgan fingerprint density at radius 2 is 1.21 bits per heavy atom. The van der Waals surface area contributed by atoms with Crippen LogP contribution < -0.4 is 11.1 Å². The maximum Gasteiger partial charge on any atom is 0.273 e. The van der Waals surface area contributed by atoms with Gasteiger partial charge in [-0.25, -0.2) is 0 Å². The average Bonchev–Trinajstić information content (AvgIpc) is 2.23. The first-order valence-electron chi connectivity index (χ1n) is 4.28. The van der Waals surface area contributed by atoms with E-state index in [9.17, 15) is 9.59 Å². The summed E-state index contributed by atoms with van der Waals surface area (Å²) in [5, 5.41) is 0.941. The third-order valence-corrected chi connectivity index (χ3v) is 2.43. The molecule has 0 aliphatic carbocycles. The summed E-state index contributed by atoms with van der Waals surface area (Å²) in [6.45, 7) is 0. The van der Waals surface area contributed by atoms with Gasteiger partial charge in [-0.15, -0.1) is 0 Å². The van der Waals surface area contributed by atoms with Gasteiger partial charge in [0.1, 0.15) is 0 Å². The van der Waals surface area contributed by atoms with Crippen molar-refractivity contribution in [3.63, 3.8) is 0 Å². The normalized spacial score (nSPS) is 10.7. The van der Waals surface area contributed by atoms with Gasteiger partial charge in [0.05, 0.1) is 10.8 Å². The number of aromatic nitrogens is 2. The van der Waals surface area contributed by atoms with E-state index in [1.165, 1.54) is 9.36 Å². The van der Waals surface area contributed by atoms with Gasteiger partial charge in [0.2, 0.25) is 0 Å². The summed E-state index contributed by atoms with van der Waals surface area (Å²) in [6, 6.07) is 6.84. The number of hydrogen-bond donors (Lipinski definition) is 0. The van der Waals surface area contributed by atoms with Gasteiger partial charge >= 0.3 is 0 Å². The Morgan fingerprint density at radius 3 is 1.57 bits per heavy atom. The first-order chi connectivity index (χ1) is 6.63. The highest BCUT2D eigenvalue weighted by atomic mass is 16.2. The van der Waals surface area contributed by atoms with Gasteiger partial charge in [0.15, 0.2) is 0 Å². The van der Waals surface area contributed by atoms with Crippen LogP contribution in [0.2, 0.25) is 0 Å². The van der Waals surface area contributed by atoms with Crippen molar-refractivity contribution in [3.8, 4) is 0 Å². The van der Waals surface area contributed by atoms with Crippen molar-refractivity contribution < 1.29 is 0 Å². The van der Waals surface area contributed by atoms with Crippen LogP contribution in [0.3, 0.4) is 0 Å². The van der Waals surface area contributed by atoms with Gasteiger partial charge in [0, 0.05) is 14.1 Å². The molecule has 4 nitrogen and oxygen atoms in total. The Labute approximate surface area is 80.0 Å². The number of hydrogen-bond acceptors (Lipinski definition) is 2. The highest BCUT2D eigenvalue weighted by molar-refractivity contribution is 5.80. The fourth-order valence-corrected chi connectivity index (χ4v) is 1.48. The Balaban J connectivity index is 3.19. The third kappa shape index (κ3) is 1.00. The zero-order chi connectivity index (χ0) is 10.3. The summed E-state index contributed by atoms with van der Waals surface area (Å²) in [7, 11) is 3.16. The molecule has 0 unspecified atom stereocenters. The molecule has 1 aromatic heterocycles. The van der Waals surface area contributed by atoms with E-state index in [-0.39, 0.29) is 11.1 Å². The zero-order valence-electron chi connectivity index (χ0n) is 8.02. The molecular formula is C10H10N2O2. The second-order valence-electron chi connectivity index (χ2n) is 3.20. The van der Waals surface area contributed by atoms with Crippen LogP contribution in [0.5, 0.6) is 0 Å². The highest BCUT2D eigenvalue weighted by Gasteiger charge is 2.06. The molecule has 72 valence electrons. The maximum atomic E-state index is 11.7. The van der Waals surface area contributed by atoms with E-state index in [0.29, 0.717) is 10.8 Å². The van der Waals surface area contributed by atoms with Crippen molar-refractivity contribution in [1.29, 1.82) is 0 Å². The lowest BCUT2D eigenvalue weighted by Gasteiger charge is -2.07. The number of nitrogens with zero attached hydrogens (tertiary/aromatic N) is 2. The van der Waals surface area contributed by atoms with Gasteiger partial charge in [-0.05, 0) is 12.1 Å². The smallest absolute Gasteiger partial charge is 0.267 e. The van der Waals surface area contributed by atoms with Gasteiger partial charge in [-0.1, -0.05) is 12.1 Å². The van der Waals surface area contributed by atoms with Crippen molar-refractivity contribution in [2.24, 2.45) is 14.1 Å². The molecule has 0 radical (unpaired) electrons. The van der Waals surface area contributed by atoms with Crippen LogP contribution in [-0.4, -0.2) is 9.36 Å². The molecule has 0 saturated carbocycles. The van der Waals surface area contributed by atoms with Crippen LogP contribution >= 0.6 is 0 Å². The van der Waals surface area contributed by atoms with Crippen LogP contribution in [0, 0.1) is 0 Å². The van der Waals surface area contributed by atoms with Crippen molar-refractivity contribution >= 4 is 10.8 Å². The monoisotopic (exact) mass is 190 g/mol. The molecule has 0 saturated heterocycles. The summed E-state index contributed by atoms with van der Waals surface area (Å²) < 4.78 is 2.62. The minimum atomic E-state index is -0.150. The van der Waals surface area contributed by atoms with Gasteiger partial charge in [-0.2, -0.15) is 0 Å². The molecule has 2 aromatic rings. The lowest BCUT2D eigenvalue weighted by atomic mass is 10.2. The highest BCUT2D eigenvalue weighted by Crippen LogP contribution is 2.02. The van der Waals surface area contributed by atoms with Crippen LogP contribution in [-0.2, 0) is 14.1 Å². The molecule has 0 aliphatic rings. The molecule has 4 heteroatoms. The summed E-state index contributed by atoms with van der Waals surface area (Å²) in [5.74, 6) is 0. The van der Waals surface area contributed by atoms with Crippen LogP contribution in [0.15, 0.2) is 33.9 Å². The summed E-state index contributed by atoms with van der Waals surface area (Å²) in [5.41, 5.74) is -0.301. The quantitative estimate of drug-likeness (QED) is 0.597. The third-order valence-electron chi connectivity index (χ3n) is 2.43. The molecule has 0 spiro atoms. The van der Waals surface area contributed by atoms with E-state index in [1.54, 1.807) is 38.4 Å². The topological polar surface area (TPSA) is 44.0 Å². The van der Waals surface area contributed by atoms with Crippen molar-refractivity contribution in [2.75, 3.05) is 0 Å². The molecule has 0 fully saturated rings. The molecule has 1 aromatic carbocycles. The lowest BCUT2D eigenvalue weighted by molar-refractivity contribution is 0.543. The summed E-state index contributed by atoms with van der Waals surface area (Å²) >= 11 is 0. The maximum absolute atomic E-state index is 11.7. The van der Waals surface area contributed by atoms with E-state index in [0.717, 1.165) is 0 Å². The number of fused-ring (bicyclic) bond motifs is 1. The first kappa shape index (κ1) is 8.74. The van der Waals surface area contributed by atoms with Crippen LogP contribution in [0.4, 0.5) is 0 Å². The Morgan fingerprint density at radius 1 is 0.857 bits per heavy atom. The molecule has 0 amide bonds. The standard InChI is InChI=1S/C10H10N2O2/c1-11-9(13)7-5-3-4-6-8(7)10(14)12(11)2/h3-6H,1-2H3. The molecule has 0 N–H and O–H groups in total. The molecule has 1 heterocycles. The second-order valence-corrected chi connectivity index (χ2v) is 3.20. The Bertz CT molecular complexity index is 553. The number of rotatable bonds is 0. The first-order valence-corrected chi connectivity index (χ1v) is 4.28. The second kappa shape index (κ2) is 2.83. The van der Waals surface area contributed by atoms with Crippen LogP contribution in [0.1, 0.15) is 0 Å². The molecule has 0 aliphatic heterocycles. The molecular weight excluding hydrogens is 180 g/mol. The summed E-state index contributed by atoms with van der Waals surface area (Å²) in [4.78, 5) is 23.4. The van der Waals surface area contributed by atoms with E-state index in [4.69, 9.17) is 0 Å². The predicted molar refractivity (Wildman–Crippen MR) is 54.4 cm³/mol. The van der Waals surface area contributed by atoms with E-state index in [2.05, 4.69) is 0 Å². The zero-order valence-corrected chi connectivity index (χ0v) is 8.02. The SMILES string of the molecule is Cn1c(=O)c2ccccc2c(=O)n1C. The average molecular weight is 190 g/mol. The fraction of sp³-hybridized carbons (Fsp3) is 0.200. The minimum absolute atomic E-state index is 0.150. The predicted octanol–water partition coefficient (Wildman–Crippen LogP) is 0.237. The minimum Gasteiger partial charge on any atom is -0.267 e. The van der Waals surface area contributed by atoms with Crippen molar-refractivity contribution in [3.05, 3.63) is 45.0 Å². The molecule has 2 rings (SSSR count). The van der Waals surface area contributed by atoms with E-state index >= 15 is 0 Å². The van der Waals surface area contributed by atoms with Gasteiger partial charge < -0.3 is 0 Å². The van der Waals surface area contributed by atoms with Gasteiger partial charge in [0.25, 0.3) is 11.1 Å². The largest absolute Gasteiger partial charge is 0.273 e. The van der Waals surface area contributed by atoms with E-state index < -0.39 is 0 Å². The summed E-state index contributed by atoms with van der Waals surface area (Å²) in [6.07, 6.45) is 0. The number of benzene rings is 1. The van der Waals surface area contributed by atoms with Crippen molar-refractivity contribution in [1.82, 2.24) is 9.36 Å². The van der Waals surface area contributed by atoms with Gasteiger partial charge in [-0.3, -0.25) is 19.0 Å².